The number of hydrogen-bond donors (Lipinski definition) is 1. The molecule has 7 nitrogen and oxygen atoms in total. The van der Waals surface area contributed by atoms with Gasteiger partial charge in [0.15, 0.2) is 16.7 Å². The predicted octanol–water partition coefficient (Wildman–Crippen LogP) is 6.85. The van der Waals surface area contributed by atoms with E-state index < -0.39 is 5.97 Å². The fourth-order valence-corrected chi connectivity index (χ4v) is 5.11. The summed E-state index contributed by atoms with van der Waals surface area (Å²) in [5.74, 6) is -0.416. The second-order valence-electron chi connectivity index (χ2n) is 8.75. The number of likely N-dealkylation sites (N-methyl/N-ethyl adjacent to an activating group) is 1. The van der Waals surface area contributed by atoms with Crippen LogP contribution in [0.5, 0.6) is 11.5 Å². The molecule has 206 valence electrons. The molecule has 0 aliphatic carbocycles. The second-order valence-corrected chi connectivity index (χ2v) is 9.76. The first-order valence-electron chi connectivity index (χ1n) is 12.7. The molecule has 1 N–H and O–H groups in total. The summed E-state index contributed by atoms with van der Waals surface area (Å²) in [6.07, 6.45) is 4.06. The highest BCUT2D eigenvalue weighted by Gasteiger charge is 2.32. The van der Waals surface area contributed by atoms with Crippen molar-refractivity contribution < 1.29 is 28.6 Å². The van der Waals surface area contributed by atoms with Gasteiger partial charge >= 0.3 is 5.97 Å². The molecule has 0 aromatic heterocycles. The van der Waals surface area contributed by atoms with Crippen molar-refractivity contribution in [3.8, 4) is 11.5 Å². The Morgan fingerprint density at radius 3 is 2.45 bits per heavy atom. The standard InChI is InChI=1S/C31H29FN2O5S/c1-4-7-23-16-21(17-26(38-6-3)28(23)39-19-20-8-10-22(11-9-20)30(36)37)18-27-29(35)34(5-2)31(40-27)33-25-14-12-24(32)13-15-25/h4,8-18H,1,5-7,19H2,2-3H3,(H,36,37)/b27-18+,33-31?. The predicted molar refractivity (Wildman–Crippen MR) is 156 cm³/mol. The van der Waals surface area contributed by atoms with Crippen LogP contribution >= 0.6 is 11.8 Å². The fourth-order valence-electron chi connectivity index (χ4n) is 4.05. The maximum atomic E-state index is 13.3. The van der Waals surface area contributed by atoms with E-state index in [4.69, 9.17) is 14.6 Å². The smallest absolute Gasteiger partial charge is 0.335 e. The number of ether oxygens (including phenoxy) is 2. The Balaban J connectivity index is 1.64. The van der Waals surface area contributed by atoms with Crippen molar-refractivity contribution in [2.24, 2.45) is 4.99 Å². The number of allylic oxidation sites excluding steroid dienone is 1. The van der Waals surface area contributed by atoms with Gasteiger partial charge in [0.1, 0.15) is 12.4 Å². The molecule has 0 atom stereocenters. The largest absolute Gasteiger partial charge is 0.490 e. The van der Waals surface area contributed by atoms with Crippen LogP contribution in [-0.2, 0) is 17.8 Å². The minimum Gasteiger partial charge on any atom is -0.490 e. The summed E-state index contributed by atoms with van der Waals surface area (Å²) in [4.78, 5) is 31.0. The van der Waals surface area contributed by atoms with Crippen molar-refractivity contribution >= 4 is 40.6 Å². The van der Waals surface area contributed by atoms with Gasteiger partial charge in [0.25, 0.3) is 5.91 Å². The van der Waals surface area contributed by atoms with Crippen LogP contribution in [0.15, 0.2) is 83.2 Å². The third-order valence-corrected chi connectivity index (χ3v) is 6.96. The molecule has 40 heavy (non-hydrogen) atoms. The molecule has 0 saturated carbocycles. The van der Waals surface area contributed by atoms with Crippen LogP contribution in [0.4, 0.5) is 10.1 Å². The first kappa shape index (κ1) is 28.6. The molecule has 0 radical (unpaired) electrons. The molecule has 4 rings (SSSR count). The molecule has 1 aliphatic rings. The van der Waals surface area contributed by atoms with Crippen LogP contribution in [0.2, 0.25) is 0 Å². The number of aliphatic imine (C=N–C) groups is 1. The summed E-state index contributed by atoms with van der Waals surface area (Å²) in [5.41, 5.74) is 3.16. The van der Waals surface area contributed by atoms with Crippen LogP contribution in [-0.4, -0.2) is 40.2 Å². The van der Waals surface area contributed by atoms with Gasteiger partial charge in [-0.05, 0) is 97.8 Å². The SMILES string of the molecule is C=CCc1cc(/C=C2/SC(=Nc3ccc(F)cc3)N(CC)C2=O)cc(OCC)c1OCc1ccc(C(=O)O)cc1. The molecule has 1 saturated heterocycles. The normalized spacial score (nSPS) is 15.1. The zero-order valence-electron chi connectivity index (χ0n) is 22.2. The molecule has 1 heterocycles. The summed E-state index contributed by atoms with van der Waals surface area (Å²) < 4.78 is 25.4. The number of carbonyl (C=O) groups is 2. The zero-order chi connectivity index (χ0) is 28.6. The number of hydrogen-bond acceptors (Lipinski definition) is 6. The summed E-state index contributed by atoms with van der Waals surface area (Å²) in [5, 5.41) is 9.66. The van der Waals surface area contributed by atoms with E-state index in [-0.39, 0.29) is 23.9 Å². The number of aromatic carboxylic acids is 1. The lowest BCUT2D eigenvalue weighted by Gasteiger charge is -2.17. The number of benzene rings is 3. The first-order valence-corrected chi connectivity index (χ1v) is 13.6. The molecule has 0 bridgehead atoms. The summed E-state index contributed by atoms with van der Waals surface area (Å²) in [7, 11) is 0. The summed E-state index contributed by atoms with van der Waals surface area (Å²) >= 11 is 1.26. The van der Waals surface area contributed by atoms with E-state index in [1.54, 1.807) is 41.3 Å². The van der Waals surface area contributed by atoms with Crippen molar-refractivity contribution in [1.29, 1.82) is 0 Å². The molecular formula is C31H29FN2O5S. The van der Waals surface area contributed by atoms with Gasteiger partial charge in [0, 0.05) is 12.1 Å². The maximum absolute atomic E-state index is 13.3. The Morgan fingerprint density at radius 1 is 1.10 bits per heavy atom. The summed E-state index contributed by atoms with van der Waals surface area (Å²) in [6, 6.07) is 16.0. The molecule has 0 spiro atoms. The fraction of sp³-hybridized carbons (Fsp3) is 0.194. The molecule has 9 heteroatoms. The van der Waals surface area contributed by atoms with E-state index in [2.05, 4.69) is 11.6 Å². The van der Waals surface area contributed by atoms with E-state index in [1.165, 1.54) is 36.0 Å². The highest BCUT2D eigenvalue weighted by molar-refractivity contribution is 8.18. The van der Waals surface area contributed by atoms with E-state index >= 15 is 0 Å². The van der Waals surface area contributed by atoms with E-state index in [1.807, 2.05) is 26.0 Å². The molecule has 1 aliphatic heterocycles. The Bertz CT molecular complexity index is 1470. The third kappa shape index (κ3) is 6.79. The average Bonchev–Trinajstić information content (AvgIpc) is 3.23. The van der Waals surface area contributed by atoms with Crippen molar-refractivity contribution in [3.63, 3.8) is 0 Å². The van der Waals surface area contributed by atoms with Gasteiger partial charge in [-0.25, -0.2) is 14.2 Å². The first-order chi connectivity index (χ1) is 19.3. The van der Waals surface area contributed by atoms with Crippen molar-refractivity contribution in [2.75, 3.05) is 13.2 Å². The Hall–Kier alpha value is -4.37. The number of amidine groups is 1. The maximum Gasteiger partial charge on any atom is 0.335 e. The lowest BCUT2D eigenvalue weighted by molar-refractivity contribution is -0.122. The minimum absolute atomic E-state index is 0.165. The molecule has 0 unspecified atom stereocenters. The van der Waals surface area contributed by atoms with Gasteiger partial charge in [0.2, 0.25) is 0 Å². The topological polar surface area (TPSA) is 88.4 Å². The zero-order valence-corrected chi connectivity index (χ0v) is 23.0. The van der Waals surface area contributed by atoms with Gasteiger partial charge in [-0.15, -0.1) is 6.58 Å². The van der Waals surface area contributed by atoms with Gasteiger partial charge in [-0.2, -0.15) is 0 Å². The van der Waals surface area contributed by atoms with Crippen LogP contribution in [0.3, 0.4) is 0 Å². The Morgan fingerprint density at radius 2 is 1.82 bits per heavy atom. The number of carboxylic acid groups (broad SMARTS) is 1. The number of nitrogens with zero attached hydrogens (tertiary/aromatic N) is 2. The number of amides is 1. The number of halogens is 1. The van der Waals surface area contributed by atoms with Crippen LogP contribution in [0.25, 0.3) is 6.08 Å². The highest BCUT2D eigenvalue weighted by Crippen LogP contribution is 2.38. The Labute approximate surface area is 236 Å². The quantitative estimate of drug-likeness (QED) is 0.204. The lowest BCUT2D eigenvalue weighted by atomic mass is 10.0. The molecule has 1 amide bonds. The van der Waals surface area contributed by atoms with Gasteiger partial charge in [-0.3, -0.25) is 9.69 Å². The van der Waals surface area contributed by atoms with Crippen LogP contribution < -0.4 is 9.47 Å². The lowest BCUT2D eigenvalue weighted by Crippen LogP contribution is -2.28. The monoisotopic (exact) mass is 560 g/mol. The van der Waals surface area contributed by atoms with E-state index in [0.717, 1.165) is 16.7 Å². The van der Waals surface area contributed by atoms with Gasteiger partial charge in [0.05, 0.1) is 22.8 Å². The summed E-state index contributed by atoms with van der Waals surface area (Å²) in [6.45, 7) is 8.68. The second kappa shape index (κ2) is 13.1. The van der Waals surface area contributed by atoms with E-state index in [9.17, 15) is 14.0 Å². The average molecular weight is 561 g/mol. The van der Waals surface area contributed by atoms with Crippen molar-refractivity contribution in [3.05, 3.63) is 106 Å². The van der Waals surface area contributed by atoms with Crippen LogP contribution in [0, 0.1) is 5.82 Å². The number of thioether (sulfide) groups is 1. The number of carboxylic acids is 1. The number of rotatable bonds is 11. The van der Waals surface area contributed by atoms with Crippen molar-refractivity contribution in [1.82, 2.24) is 4.90 Å². The molecular weight excluding hydrogens is 531 g/mol. The van der Waals surface area contributed by atoms with E-state index in [0.29, 0.717) is 46.8 Å². The van der Waals surface area contributed by atoms with Gasteiger partial charge in [-0.1, -0.05) is 18.2 Å². The molecule has 3 aromatic rings. The Kier molecular flexibility index (Phi) is 9.39. The minimum atomic E-state index is -0.987. The highest BCUT2D eigenvalue weighted by atomic mass is 32.2. The van der Waals surface area contributed by atoms with Gasteiger partial charge < -0.3 is 14.6 Å². The molecule has 1 fully saturated rings. The number of carbonyl (C=O) groups excluding carboxylic acids is 1. The van der Waals surface area contributed by atoms with Crippen molar-refractivity contribution in [2.45, 2.75) is 26.9 Å². The van der Waals surface area contributed by atoms with Crippen LogP contribution in [0.1, 0.15) is 40.9 Å². The third-order valence-electron chi connectivity index (χ3n) is 5.96. The molecule has 3 aromatic carbocycles.